The van der Waals surface area contributed by atoms with Crippen LogP contribution >= 0.6 is 0 Å². The van der Waals surface area contributed by atoms with Gasteiger partial charge in [-0.25, -0.2) is 4.79 Å². The molecule has 0 unspecified atom stereocenters. The maximum atomic E-state index is 12.0. The van der Waals surface area contributed by atoms with Crippen LogP contribution in [-0.4, -0.2) is 27.2 Å². The number of carboxylic acids is 1. The molecule has 104 valence electrons. The molecule has 0 spiro atoms. The maximum Gasteiger partial charge on any atom is 0.337 e. The summed E-state index contributed by atoms with van der Waals surface area (Å²) in [6.45, 7) is 3.72. The minimum Gasteiger partial charge on any atom is -0.478 e. The summed E-state index contributed by atoms with van der Waals surface area (Å²) in [5, 5.41) is 18.3. The smallest absolute Gasteiger partial charge is 0.337 e. The van der Waals surface area contributed by atoms with Gasteiger partial charge in [-0.3, -0.25) is 9.89 Å². The average Bonchev–Trinajstić information content (AvgIpc) is 2.85. The van der Waals surface area contributed by atoms with Gasteiger partial charge in [-0.15, -0.1) is 0 Å². The molecule has 3 N–H and O–H groups in total. The number of carboxylic acid groups (broad SMARTS) is 1. The number of H-pyrrole nitrogens is 1. The van der Waals surface area contributed by atoms with E-state index in [0.717, 1.165) is 17.7 Å². The molecule has 0 fully saturated rings. The number of aromatic carboxylic acids is 1. The fraction of sp³-hybridized carbons (Fsp3) is 0.214. The molecule has 0 aliphatic heterocycles. The van der Waals surface area contributed by atoms with Gasteiger partial charge >= 0.3 is 5.97 Å². The highest BCUT2D eigenvalue weighted by Crippen LogP contribution is 2.19. The Morgan fingerprint density at radius 3 is 2.65 bits per heavy atom. The molecule has 1 amide bonds. The van der Waals surface area contributed by atoms with E-state index in [-0.39, 0.29) is 16.9 Å². The second-order valence-corrected chi connectivity index (χ2v) is 4.43. The van der Waals surface area contributed by atoms with Crippen molar-refractivity contribution in [3.63, 3.8) is 0 Å². The van der Waals surface area contributed by atoms with Crippen molar-refractivity contribution in [2.45, 2.75) is 20.3 Å². The summed E-state index contributed by atoms with van der Waals surface area (Å²) in [7, 11) is 0. The van der Waals surface area contributed by atoms with Crippen molar-refractivity contribution >= 4 is 17.6 Å². The summed E-state index contributed by atoms with van der Waals surface area (Å²) < 4.78 is 0. The average molecular weight is 273 g/mol. The van der Waals surface area contributed by atoms with Crippen LogP contribution in [0.25, 0.3) is 0 Å². The number of carbonyl (C=O) groups excluding carboxylic acids is 1. The normalized spacial score (nSPS) is 10.3. The van der Waals surface area contributed by atoms with E-state index in [2.05, 4.69) is 15.5 Å². The molecule has 2 aromatic rings. The second-order valence-electron chi connectivity index (χ2n) is 4.43. The predicted molar refractivity (Wildman–Crippen MR) is 74.1 cm³/mol. The van der Waals surface area contributed by atoms with Gasteiger partial charge in [0.25, 0.3) is 5.91 Å². The molecule has 0 saturated carbocycles. The Kier molecular flexibility index (Phi) is 3.84. The molecule has 0 saturated heterocycles. The van der Waals surface area contributed by atoms with Crippen LogP contribution in [-0.2, 0) is 6.42 Å². The molecule has 0 aliphatic rings. The van der Waals surface area contributed by atoms with Crippen LogP contribution in [0.15, 0.2) is 24.3 Å². The van der Waals surface area contributed by atoms with E-state index in [1.165, 1.54) is 0 Å². The predicted octanol–water partition coefficient (Wildman–Crippen LogP) is 2.23. The number of hydrogen-bond acceptors (Lipinski definition) is 3. The lowest BCUT2D eigenvalue weighted by atomic mass is 10.1. The van der Waals surface area contributed by atoms with Crippen molar-refractivity contribution in [1.82, 2.24) is 10.2 Å². The van der Waals surface area contributed by atoms with Crippen LogP contribution < -0.4 is 5.32 Å². The second kappa shape index (κ2) is 5.56. The minimum atomic E-state index is -1.08. The first kappa shape index (κ1) is 13.8. The lowest BCUT2D eigenvalue weighted by molar-refractivity contribution is 0.0698. The SMILES string of the molecule is CCc1ccc(NC(=O)c2cc(C)[nH]n2)c(C(=O)O)c1. The number of aryl methyl sites for hydroxylation is 2. The number of aromatic nitrogens is 2. The van der Waals surface area contributed by atoms with Crippen LogP contribution in [0.5, 0.6) is 0 Å². The molecule has 2 rings (SSSR count). The molecule has 20 heavy (non-hydrogen) atoms. The van der Waals surface area contributed by atoms with Crippen LogP contribution in [0.2, 0.25) is 0 Å². The number of hydrogen-bond donors (Lipinski definition) is 3. The Balaban J connectivity index is 2.29. The van der Waals surface area contributed by atoms with E-state index < -0.39 is 11.9 Å². The number of anilines is 1. The molecule has 0 radical (unpaired) electrons. The largest absolute Gasteiger partial charge is 0.478 e. The van der Waals surface area contributed by atoms with Crippen LogP contribution in [0.3, 0.4) is 0 Å². The van der Waals surface area contributed by atoms with E-state index in [4.69, 9.17) is 0 Å². The van der Waals surface area contributed by atoms with Crippen molar-refractivity contribution in [3.8, 4) is 0 Å². The number of benzene rings is 1. The lowest BCUT2D eigenvalue weighted by Gasteiger charge is -2.08. The zero-order valence-corrected chi connectivity index (χ0v) is 11.2. The van der Waals surface area contributed by atoms with Gasteiger partial charge < -0.3 is 10.4 Å². The first-order valence-electron chi connectivity index (χ1n) is 6.21. The highest BCUT2D eigenvalue weighted by Gasteiger charge is 2.15. The van der Waals surface area contributed by atoms with E-state index >= 15 is 0 Å². The van der Waals surface area contributed by atoms with Crippen LogP contribution in [0.4, 0.5) is 5.69 Å². The third-order valence-electron chi connectivity index (χ3n) is 2.91. The standard InChI is InChI=1S/C14H15N3O3/c1-3-9-4-5-11(10(7-9)14(19)20)15-13(18)12-6-8(2)16-17-12/h4-7H,3H2,1-2H3,(H,15,18)(H,16,17)(H,19,20). The Labute approximate surface area is 115 Å². The summed E-state index contributed by atoms with van der Waals surface area (Å²) in [5.41, 5.74) is 2.22. The van der Waals surface area contributed by atoms with Crippen LogP contribution in [0, 0.1) is 6.92 Å². The zero-order chi connectivity index (χ0) is 14.7. The monoisotopic (exact) mass is 273 g/mol. The molecule has 1 aromatic heterocycles. The summed E-state index contributed by atoms with van der Waals surface area (Å²) in [6, 6.07) is 6.54. The lowest BCUT2D eigenvalue weighted by Crippen LogP contribution is -2.15. The summed E-state index contributed by atoms with van der Waals surface area (Å²) in [6.07, 6.45) is 0.729. The first-order valence-corrected chi connectivity index (χ1v) is 6.21. The highest BCUT2D eigenvalue weighted by atomic mass is 16.4. The molecule has 6 heteroatoms. The number of aromatic amines is 1. The molecule has 1 heterocycles. The summed E-state index contributed by atoms with van der Waals surface area (Å²) in [4.78, 5) is 23.2. The Hall–Kier alpha value is -2.63. The molecular weight excluding hydrogens is 258 g/mol. The van der Waals surface area contributed by atoms with Crippen molar-refractivity contribution < 1.29 is 14.7 Å². The van der Waals surface area contributed by atoms with E-state index in [1.807, 2.05) is 6.92 Å². The van der Waals surface area contributed by atoms with Gasteiger partial charge in [0.15, 0.2) is 5.69 Å². The third-order valence-corrected chi connectivity index (χ3v) is 2.91. The molecular formula is C14H15N3O3. The summed E-state index contributed by atoms with van der Waals surface area (Å²) >= 11 is 0. The molecule has 0 aliphatic carbocycles. The van der Waals surface area contributed by atoms with E-state index in [1.54, 1.807) is 31.2 Å². The Morgan fingerprint density at radius 1 is 1.35 bits per heavy atom. The van der Waals surface area contributed by atoms with E-state index in [0.29, 0.717) is 0 Å². The van der Waals surface area contributed by atoms with Gasteiger partial charge in [0.05, 0.1) is 11.3 Å². The molecule has 6 nitrogen and oxygen atoms in total. The number of nitrogens with zero attached hydrogens (tertiary/aromatic N) is 1. The zero-order valence-electron chi connectivity index (χ0n) is 11.2. The highest BCUT2D eigenvalue weighted by molar-refractivity contribution is 6.06. The number of carbonyl (C=O) groups is 2. The van der Waals surface area contributed by atoms with Crippen molar-refractivity contribution in [2.75, 3.05) is 5.32 Å². The van der Waals surface area contributed by atoms with Gasteiger partial charge in [-0.1, -0.05) is 13.0 Å². The molecule has 1 aromatic carbocycles. The van der Waals surface area contributed by atoms with Gasteiger partial charge in [-0.2, -0.15) is 5.10 Å². The van der Waals surface area contributed by atoms with Gasteiger partial charge in [0.2, 0.25) is 0 Å². The Morgan fingerprint density at radius 2 is 2.10 bits per heavy atom. The number of nitrogens with one attached hydrogen (secondary N) is 2. The third kappa shape index (κ3) is 2.85. The minimum absolute atomic E-state index is 0.0740. The quantitative estimate of drug-likeness (QED) is 0.796. The first-order chi connectivity index (χ1) is 9.51. The topological polar surface area (TPSA) is 95.1 Å². The van der Waals surface area contributed by atoms with Crippen molar-refractivity contribution in [1.29, 1.82) is 0 Å². The maximum absolute atomic E-state index is 12.0. The number of rotatable bonds is 4. The number of amides is 1. The molecule has 0 bridgehead atoms. The van der Waals surface area contributed by atoms with Gasteiger partial charge in [0, 0.05) is 5.69 Å². The van der Waals surface area contributed by atoms with Gasteiger partial charge in [0.1, 0.15) is 0 Å². The molecule has 0 atom stereocenters. The fourth-order valence-electron chi connectivity index (χ4n) is 1.82. The Bertz CT molecular complexity index is 661. The van der Waals surface area contributed by atoms with Crippen LogP contribution in [0.1, 0.15) is 39.0 Å². The van der Waals surface area contributed by atoms with Crippen molar-refractivity contribution in [3.05, 3.63) is 46.8 Å². The fourth-order valence-corrected chi connectivity index (χ4v) is 1.82. The van der Waals surface area contributed by atoms with E-state index in [9.17, 15) is 14.7 Å². The summed E-state index contributed by atoms with van der Waals surface area (Å²) in [5.74, 6) is -1.52. The van der Waals surface area contributed by atoms with Crippen molar-refractivity contribution in [2.24, 2.45) is 0 Å². The van der Waals surface area contributed by atoms with Gasteiger partial charge in [-0.05, 0) is 37.1 Å².